The van der Waals surface area contributed by atoms with Crippen LogP contribution in [0.1, 0.15) is 20.8 Å². The Morgan fingerprint density at radius 1 is 1.19 bits per heavy atom. The van der Waals surface area contributed by atoms with Crippen molar-refractivity contribution in [3.05, 3.63) is 102 Å². The number of aromatic nitrogens is 1. The van der Waals surface area contributed by atoms with Gasteiger partial charge in [-0.1, -0.05) is 23.5 Å². The molecule has 5 rings (SSSR count). The number of aromatic hydroxyl groups is 1. The second-order valence-corrected chi connectivity index (χ2v) is 8.59. The summed E-state index contributed by atoms with van der Waals surface area (Å²) in [5, 5.41) is 21.9. The van der Waals surface area contributed by atoms with Gasteiger partial charge in [0.25, 0.3) is 0 Å². The van der Waals surface area contributed by atoms with Crippen molar-refractivity contribution in [2.75, 3.05) is 5.43 Å². The van der Waals surface area contributed by atoms with Gasteiger partial charge in [0, 0.05) is 23.1 Å². The van der Waals surface area contributed by atoms with E-state index in [0.29, 0.717) is 25.3 Å². The molecule has 0 fully saturated rings. The van der Waals surface area contributed by atoms with Crippen molar-refractivity contribution in [1.29, 1.82) is 0 Å². The lowest BCUT2D eigenvalue weighted by Crippen LogP contribution is -2.12. The number of anilines is 1. The van der Waals surface area contributed by atoms with E-state index in [1.807, 2.05) is 36.4 Å². The van der Waals surface area contributed by atoms with Crippen LogP contribution >= 0.6 is 23.6 Å². The van der Waals surface area contributed by atoms with Crippen molar-refractivity contribution in [2.45, 2.75) is 0 Å². The number of hydrogen-bond donors (Lipinski definition) is 3. The fraction of sp³-hybridized carbons (Fsp3) is 0. The smallest absolute Gasteiger partial charge is 0.337 e. The first-order chi connectivity index (χ1) is 15.5. The third-order valence-corrected chi connectivity index (χ3v) is 6.19. The maximum atomic E-state index is 11.4. The number of nitrogens with one attached hydrogen (secondary N) is 1. The van der Waals surface area contributed by atoms with Crippen LogP contribution in [0.15, 0.2) is 70.2 Å². The van der Waals surface area contributed by atoms with Crippen LogP contribution in [0.3, 0.4) is 0 Å². The minimum atomic E-state index is -1.08. The Bertz CT molecular complexity index is 1680. The van der Waals surface area contributed by atoms with Crippen molar-refractivity contribution in [2.24, 2.45) is 4.99 Å². The molecule has 0 bridgehead atoms. The zero-order valence-electron chi connectivity index (χ0n) is 16.4. The molecule has 0 radical (unpaired) electrons. The van der Waals surface area contributed by atoms with E-state index in [4.69, 9.17) is 16.6 Å². The summed E-state index contributed by atoms with van der Waals surface area (Å²) in [6.45, 7) is 0. The zero-order chi connectivity index (χ0) is 22.2. The first-order valence-corrected chi connectivity index (χ1v) is 10.7. The van der Waals surface area contributed by atoms with Crippen LogP contribution in [-0.2, 0) is 0 Å². The predicted molar refractivity (Wildman–Crippen MR) is 123 cm³/mol. The highest BCUT2D eigenvalue weighted by Crippen LogP contribution is 2.27. The molecular formula is C23H15N3O4S2. The van der Waals surface area contributed by atoms with Crippen molar-refractivity contribution >= 4 is 47.4 Å². The quantitative estimate of drug-likeness (QED) is 0.399. The molecule has 0 atom stereocenters. The fourth-order valence-electron chi connectivity index (χ4n) is 3.33. The lowest BCUT2D eigenvalue weighted by atomic mass is 10.2. The van der Waals surface area contributed by atoms with Gasteiger partial charge in [-0.15, -0.1) is 0 Å². The van der Waals surface area contributed by atoms with E-state index in [0.717, 1.165) is 16.1 Å². The largest absolute Gasteiger partial charge is 0.492 e. The van der Waals surface area contributed by atoms with Gasteiger partial charge in [-0.2, -0.15) is 0 Å². The molecule has 0 saturated heterocycles. The number of rotatable bonds is 4. The second-order valence-electron chi connectivity index (χ2n) is 6.92. The van der Waals surface area contributed by atoms with Gasteiger partial charge in [0.2, 0.25) is 5.88 Å². The molecule has 0 aliphatic carbocycles. The summed E-state index contributed by atoms with van der Waals surface area (Å²) < 4.78 is 7.55. The van der Waals surface area contributed by atoms with Crippen molar-refractivity contribution in [3.63, 3.8) is 0 Å². The van der Waals surface area contributed by atoms with Crippen molar-refractivity contribution in [3.8, 4) is 5.88 Å². The average molecular weight is 462 g/mol. The van der Waals surface area contributed by atoms with Crippen LogP contribution in [0.5, 0.6) is 5.88 Å². The Kier molecular flexibility index (Phi) is 4.96. The normalized spacial score (nSPS) is 13.7. The fourth-order valence-corrected chi connectivity index (χ4v) is 4.50. The minimum absolute atomic E-state index is 0.0678. The molecule has 0 unspecified atom stereocenters. The summed E-state index contributed by atoms with van der Waals surface area (Å²) in [6.07, 6.45) is 5.39. The van der Waals surface area contributed by atoms with E-state index in [9.17, 15) is 15.0 Å². The number of carboxylic acids is 1. The Hall–Kier alpha value is -3.95. The Labute approximate surface area is 189 Å². The standard InChI is InChI=1S/C23H15N3O4S2/c27-21-20(32-23(31)26(21)25-18-4-2-1-3-16(18)22(28)29)12-15-6-8-19(30-15)14-5-7-17-13(11-14)9-10-24-17/h1-12,25,27H,(H,28,29). The number of carbonyl (C=O) groups is 1. The van der Waals surface area contributed by atoms with E-state index < -0.39 is 5.97 Å². The molecule has 3 heterocycles. The molecule has 0 spiro atoms. The molecule has 158 valence electrons. The molecule has 9 heteroatoms. The molecule has 0 saturated carbocycles. The average Bonchev–Trinajstić information content (AvgIpc) is 3.50. The summed E-state index contributed by atoms with van der Waals surface area (Å²) in [4.78, 5) is 16.2. The third-order valence-electron chi connectivity index (χ3n) is 4.88. The lowest BCUT2D eigenvalue weighted by molar-refractivity contribution is 0.0698. The summed E-state index contributed by atoms with van der Waals surface area (Å²) in [5.74, 6) is -1.22. The zero-order valence-corrected chi connectivity index (χ0v) is 18.0. The first kappa shape index (κ1) is 20.0. The number of aromatic carboxylic acids is 1. The maximum absolute atomic E-state index is 11.4. The third kappa shape index (κ3) is 3.64. The molecule has 0 amide bonds. The van der Waals surface area contributed by atoms with Crippen LogP contribution in [-0.4, -0.2) is 20.9 Å². The van der Waals surface area contributed by atoms with Gasteiger partial charge in [0.15, 0.2) is 3.95 Å². The molecule has 1 aliphatic rings. The number of thiazole rings is 1. The summed E-state index contributed by atoms with van der Waals surface area (Å²) in [6, 6.07) is 16.0. The van der Waals surface area contributed by atoms with E-state index >= 15 is 0 Å². The summed E-state index contributed by atoms with van der Waals surface area (Å²) in [5.41, 5.74) is 5.53. The van der Waals surface area contributed by atoms with Gasteiger partial charge in [0.05, 0.1) is 21.5 Å². The Morgan fingerprint density at radius 3 is 2.88 bits per heavy atom. The van der Waals surface area contributed by atoms with E-state index in [2.05, 4.69) is 10.4 Å². The van der Waals surface area contributed by atoms with Crippen LogP contribution in [0, 0.1) is 14.6 Å². The van der Waals surface area contributed by atoms with Gasteiger partial charge in [0.1, 0.15) is 10.8 Å². The van der Waals surface area contributed by atoms with Gasteiger partial charge >= 0.3 is 5.97 Å². The number of para-hydroxylation sites is 1. The number of nitrogens with zero attached hydrogens (tertiary/aromatic N) is 2. The highest BCUT2D eigenvalue weighted by atomic mass is 32.1. The summed E-state index contributed by atoms with van der Waals surface area (Å²) in [7, 11) is 0. The van der Waals surface area contributed by atoms with Crippen LogP contribution in [0.4, 0.5) is 5.69 Å². The number of hydrogen-bond acceptors (Lipinski definition) is 7. The maximum Gasteiger partial charge on any atom is 0.337 e. The van der Waals surface area contributed by atoms with Crippen LogP contribution < -0.4 is 16.2 Å². The highest BCUT2D eigenvalue weighted by Gasteiger charge is 2.14. The van der Waals surface area contributed by atoms with Crippen molar-refractivity contribution in [1.82, 2.24) is 4.68 Å². The predicted octanol–water partition coefficient (Wildman–Crippen LogP) is 3.87. The highest BCUT2D eigenvalue weighted by molar-refractivity contribution is 7.73. The monoisotopic (exact) mass is 461 g/mol. The Balaban J connectivity index is 1.54. The second kappa shape index (κ2) is 7.95. The van der Waals surface area contributed by atoms with Crippen molar-refractivity contribution < 1.29 is 19.4 Å². The minimum Gasteiger partial charge on any atom is -0.492 e. The van der Waals surface area contributed by atoms with Gasteiger partial charge < -0.3 is 14.6 Å². The Morgan fingerprint density at radius 2 is 2.03 bits per heavy atom. The number of carboxylic acid groups (broad SMARTS) is 1. The molecule has 1 aliphatic heterocycles. The number of furan rings is 1. The SMILES string of the molecule is O=C(O)c1ccccc1Nn1c(O)c(C=c2ccc(=c3ccc4c(c3)C=CN=4)o2)sc1=S. The van der Waals surface area contributed by atoms with Crippen LogP contribution in [0.2, 0.25) is 0 Å². The van der Waals surface area contributed by atoms with Gasteiger partial charge in [-0.3, -0.25) is 10.4 Å². The van der Waals surface area contributed by atoms with E-state index in [1.54, 1.807) is 30.5 Å². The molecule has 4 aromatic rings. The van der Waals surface area contributed by atoms with E-state index in [-0.39, 0.29) is 11.4 Å². The summed E-state index contributed by atoms with van der Waals surface area (Å²) >= 11 is 6.53. The molecule has 7 nitrogen and oxygen atoms in total. The van der Waals surface area contributed by atoms with Gasteiger partial charge in [-0.05, 0) is 60.8 Å². The molecule has 3 N–H and O–H groups in total. The molecule has 32 heavy (non-hydrogen) atoms. The van der Waals surface area contributed by atoms with Gasteiger partial charge in [-0.25, -0.2) is 9.47 Å². The number of fused-ring (bicyclic) bond motifs is 1. The number of benzene rings is 2. The lowest BCUT2D eigenvalue weighted by Gasteiger charge is -2.10. The molecule has 2 aromatic carbocycles. The first-order valence-electron chi connectivity index (χ1n) is 9.50. The topological polar surface area (TPSA) is 100.0 Å². The van der Waals surface area contributed by atoms with E-state index in [1.165, 1.54) is 22.1 Å². The molecule has 2 aromatic heterocycles. The molecular weight excluding hydrogens is 446 g/mol. The van der Waals surface area contributed by atoms with Crippen LogP contribution in [0.25, 0.3) is 12.2 Å².